The Hall–Kier alpha value is -0.0700. The van der Waals surface area contributed by atoms with Crippen LogP contribution in [0.3, 0.4) is 0 Å². The second kappa shape index (κ2) is 5.86. The first kappa shape index (κ1) is 13.0. The molecule has 3 heteroatoms. The second-order valence-electron chi connectivity index (χ2n) is 4.97. The van der Waals surface area contributed by atoms with Gasteiger partial charge in [0.1, 0.15) is 0 Å². The summed E-state index contributed by atoms with van der Waals surface area (Å²) >= 11 is 3.31. The number of nitriles is 1. The van der Waals surface area contributed by atoms with Gasteiger partial charge in [-0.1, -0.05) is 35.7 Å². The van der Waals surface area contributed by atoms with E-state index in [-0.39, 0.29) is 11.5 Å². The zero-order valence-electron chi connectivity index (χ0n) is 9.38. The van der Waals surface area contributed by atoms with Crippen LogP contribution in [0.4, 0.5) is 0 Å². The quantitative estimate of drug-likeness (QED) is 0.800. The Kier molecular flexibility index (Phi) is 5.08. The molecule has 15 heavy (non-hydrogen) atoms. The van der Waals surface area contributed by atoms with Gasteiger partial charge in [-0.05, 0) is 30.6 Å². The molecule has 0 radical (unpaired) electrons. The van der Waals surface area contributed by atoms with Crippen molar-refractivity contribution >= 4 is 15.9 Å². The van der Waals surface area contributed by atoms with Crippen LogP contribution in [0.2, 0.25) is 0 Å². The first-order valence-corrected chi connectivity index (χ1v) is 6.85. The molecule has 0 aromatic rings. The van der Waals surface area contributed by atoms with Crippen LogP contribution in [0.5, 0.6) is 0 Å². The summed E-state index contributed by atoms with van der Waals surface area (Å²) in [4.78, 5) is 0. The van der Waals surface area contributed by atoms with Gasteiger partial charge in [0.15, 0.2) is 0 Å². The highest BCUT2D eigenvalue weighted by molar-refractivity contribution is 9.09. The molecule has 0 aromatic carbocycles. The standard InChI is InChI=1S/C12H20BrNO/c1-12(8-11(15)9-13)6-3-2-4-10(12)5-7-14/h10-11,15H,2-6,8-9H2,1H3/t10-,11-,12-/m1/s1. The molecule has 1 aliphatic carbocycles. The molecule has 0 bridgehead atoms. The molecule has 0 amide bonds. The molecule has 0 aliphatic heterocycles. The molecule has 1 saturated carbocycles. The first-order chi connectivity index (χ1) is 7.12. The first-order valence-electron chi connectivity index (χ1n) is 5.73. The molecular formula is C12H20BrNO. The van der Waals surface area contributed by atoms with Crippen molar-refractivity contribution in [2.45, 2.75) is 51.6 Å². The van der Waals surface area contributed by atoms with Gasteiger partial charge in [0.05, 0.1) is 12.2 Å². The molecule has 0 aromatic heterocycles. The van der Waals surface area contributed by atoms with Crippen molar-refractivity contribution in [2.75, 3.05) is 5.33 Å². The second-order valence-corrected chi connectivity index (χ2v) is 5.62. The number of halogens is 1. The number of alkyl halides is 1. The van der Waals surface area contributed by atoms with Gasteiger partial charge >= 0.3 is 0 Å². The van der Waals surface area contributed by atoms with Gasteiger partial charge in [0.25, 0.3) is 0 Å². The predicted octanol–water partition coefficient (Wildman–Crippen LogP) is 3.24. The van der Waals surface area contributed by atoms with E-state index in [1.807, 2.05) is 0 Å². The lowest BCUT2D eigenvalue weighted by molar-refractivity contribution is 0.0488. The van der Waals surface area contributed by atoms with Crippen LogP contribution in [0.25, 0.3) is 0 Å². The summed E-state index contributed by atoms with van der Waals surface area (Å²) in [5, 5.41) is 19.2. The summed E-state index contributed by atoms with van der Waals surface area (Å²) < 4.78 is 0. The van der Waals surface area contributed by atoms with Crippen LogP contribution in [-0.4, -0.2) is 16.5 Å². The summed E-state index contributed by atoms with van der Waals surface area (Å²) in [7, 11) is 0. The van der Waals surface area contributed by atoms with E-state index in [9.17, 15) is 5.11 Å². The highest BCUT2D eigenvalue weighted by Crippen LogP contribution is 2.45. The summed E-state index contributed by atoms with van der Waals surface area (Å²) in [5.74, 6) is 0.477. The van der Waals surface area contributed by atoms with Gasteiger partial charge in [-0.2, -0.15) is 5.26 Å². The van der Waals surface area contributed by atoms with Gasteiger partial charge in [-0.25, -0.2) is 0 Å². The van der Waals surface area contributed by atoms with E-state index in [0.717, 1.165) is 19.3 Å². The fraction of sp³-hybridized carbons (Fsp3) is 0.917. The fourth-order valence-electron chi connectivity index (χ4n) is 2.79. The molecule has 3 atom stereocenters. The van der Waals surface area contributed by atoms with Crippen molar-refractivity contribution < 1.29 is 5.11 Å². The van der Waals surface area contributed by atoms with Gasteiger partial charge < -0.3 is 5.11 Å². The highest BCUT2D eigenvalue weighted by atomic mass is 79.9. The lowest BCUT2D eigenvalue weighted by Crippen LogP contribution is -2.34. The minimum absolute atomic E-state index is 0.168. The number of aliphatic hydroxyl groups is 1. The molecule has 1 rings (SSSR count). The van der Waals surface area contributed by atoms with Gasteiger partial charge in [-0.3, -0.25) is 0 Å². The topological polar surface area (TPSA) is 44.0 Å². The van der Waals surface area contributed by atoms with E-state index in [4.69, 9.17) is 5.26 Å². The third kappa shape index (κ3) is 3.46. The van der Waals surface area contributed by atoms with Gasteiger partial charge in [0.2, 0.25) is 0 Å². The molecule has 0 heterocycles. The summed E-state index contributed by atoms with van der Waals surface area (Å²) in [6.45, 7) is 2.24. The molecule has 86 valence electrons. The number of hydrogen-bond acceptors (Lipinski definition) is 2. The smallest absolute Gasteiger partial charge is 0.0642 e. The largest absolute Gasteiger partial charge is 0.392 e. The van der Waals surface area contributed by atoms with E-state index in [2.05, 4.69) is 28.9 Å². The third-order valence-electron chi connectivity index (χ3n) is 3.75. The minimum Gasteiger partial charge on any atom is -0.392 e. The third-order valence-corrected chi connectivity index (χ3v) is 4.50. The van der Waals surface area contributed by atoms with E-state index < -0.39 is 0 Å². The van der Waals surface area contributed by atoms with Crippen LogP contribution >= 0.6 is 15.9 Å². The van der Waals surface area contributed by atoms with Crippen molar-refractivity contribution in [1.29, 1.82) is 5.26 Å². The molecule has 2 nitrogen and oxygen atoms in total. The lowest BCUT2D eigenvalue weighted by atomic mass is 9.64. The number of hydrogen-bond donors (Lipinski definition) is 1. The number of aliphatic hydroxyl groups excluding tert-OH is 1. The zero-order chi connectivity index (χ0) is 11.3. The molecule has 0 unspecified atom stereocenters. The van der Waals surface area contributed by atoms with Crippen LogP contribution in [-0.2, 0) is 0 Å². The maximum Gasteiger partial charge on any atom is 0.0642 e. The van der Waals surface area contributed by atoms with Crippen LogP contribution in [0, 0.1) is 22.7 Å². The molecule has 0 saturated heterocycles. The molecule has 1 N–H and O–H groups in total. The van der Waals surface area contributed by atoms with Crippen molar-refractivity contribution in [2.24, 2.45) is 11.3 Å². The molecule has 0 spiro atoms. The Labute approximate surface area is 101 Å². The molecular weight excluding hydrogens is 254 g/mol. The average Bonchev–Trinajstić information content (AvgIpc) is 2.21. The van der Waals surface area contributed by atoms with E-state index in [1.54, 1.807) is 0 Å². The number of rotatable bonds is 4. The predicted molar refractivity (Wildman–Crippen MR) is 64.7 cm³/mol. The SMILES string of the molecule is C[C@]1(C[C@@H](O)CBr)CCCC[C@@H]1CC#N. The number of nitrogens with zero attached hydrogens (tertiary/aromatic N) is 1. The van der Waals surface area contributed by atoms with E-state index >= 15 is 0 Å². The van der Waals surface area contributed by atoms with Crippen LogP contribution < -0.4 is 0 Å². The Morgan fingerprint density at radius 3 is 2.93 bits per heavy atom. The van der Waals surface area contributed by atoms with Gasteiger partial charge in [-0.15, -0.1) is 0 Å². The minimum atomic E-state index is -0.269. The summed E-state index contributed by atoms with van der Waals surface area (Å²) in [6, 6.07) is 2.29. The maximum absolute atomic E-state index is 9.73. The van der Waals surface area contributed by atoms with Crippen molar-refractivity contribution in [3.8, 4) is 6.07 Å². The van der Waals surface area contributed by atoms with Crippen molar-refractivity contribution in [1.82, 2.24) is 0 Å². The monoisotopic (exact) mass is 273 g/mol. The van der Waals surface area contributed by atoms with Crippen LogP contribution in [0.15, 0.2) is 0 Å². The Balaban J connectivity index is 2.63. The molecule has 1 aliphatic rings. The summed E-state index contributed by atoms with van der Waals surface area (Å²) in [5.41, 5.74) is 0.168. The normalized spacial score (nSPS) is 33.3. The Morgan fingerprint density at radius 1 is 1.60 bits per heavy atom. The highest BCUT2D eigenvalue weighted by Gasteiger charge is 2.37. The van der Waals surface area contributed by atoms with Crippen molar-refractivity contribution in [3.63, 3.8) is 0 Å². The molecule has 1 fully saturated rings. The van der Waals surface area contributed by atoms with E-state index in [0.29, 0.717) is 17.7 Å². The van der Waals surface area contributed by atoms with Gasteiger partial charge in [0, 0.05) is 11.8 Å². The fourth-order valence-corrected chi connectivity index (χ4v) is 3.02. The van der Waals surface area contributed by atoms with E-state index in [1.165, 1.54) is 12.8 Å². The maximum atomic E-state index is 9.73. The Morgan fingerprint density at radius 2 is 2.33 bits per heavy atom. The lowest BCUT2D eigenvalue weighted by Gasteiger charge is -2.41. The van der Waals surface area contributed by atoms with Crippen molar-refractivity contribution in [3.05, 3.63) is 0 Å². The zero-order valence-corrected chi connectivity index (χ0v) is 11.0. The average molecular weight is 274 g/mol. The Bertz CT molecular complexity index is 238. The van der Waals surface area contributed by atoms with Crippen LogP contribution in [0.1, 0.15) is 45.4 Å². The summed E-state index contributed by atoms with van der Waals surface area (Å²) in [6.07, 6.45) is 5.99.